The van der Waals surface area contributed by atoms with Crippen LogP contribution in [-0.4, -0.2) is 21.9 Å². The van der Waals surface area contributed by atoms with Gasteiger partial charge >= 0.3 is 6.18 Å². The first-order valence-corrected chi connectivity index (χ1v) is 11.4. The third kappa shape index (κ3) is 6.59. The Kier molecular flexibility index (Phi) is 7.61. The average molecular weight is 494 g/mol. The summed E-state index contributed by atoms with van der Waals surface area (Å²) < 4.78 is 52.6. The molecule has 0 spiro atoms. The van der Waals surface area contributed by atoms with Gasteiger partial charge < -0.3 is 5.32 Å². The number of anilines is 1. The molecule has 3 aromatic rings. The number of carbonyl (C=O) groups is 1. The van der Waals surface area contributed by atoms with Gasteiger partial charge in [0.2, 0.25) is 5.91 Å². The van der Waals surface area contributed by atoms with Crippen LogP contribution in [0, 0.1) is 5.82 Å². The number of halogens is 5. The number of amides is 1. The summed E-state index contributed by atoms with van der Waals surface area (Å²) in [6.07, 6.45) is -4.53. The van der Waals surface area contributed by atoms with E-state index in [1.165, 1.54) is 35.2 Å². The lowest BCUT2D eigenvalue weighted by atomic mass is 10.2. The molecule has 2 aromatic carbocycles. The summed E-state index contributed by atoms with van der Waals surface area (Å²) in [4.78, 5) is 12.1. The van der Waals surface area contributed by atoms with E-state index in [1.54, 1.807) is 12.1 Å². The molecule has 1 heterocycles. The highest BCUT2D eigenvalue weighted by Gasteiger charge is 2.31. The van der Waals surface area contributed by atoms with Crippen LogP contribution >= 0.6 is 46.5 Å². The third-order valence-electron chi connectivity index (χ3n) is 3.56. The molecule has 0 atom stereocenters. The van der Waals surface area contributed by atoms with Crippen LogP contribution in [0.2, 0.25) is 5.02 Å². The Morgan fingerprint density at radius 2 is 1.73 bits per heavy atom. The zero-order valence-electron chi connectivity index (χ0n) is 14.9. The van der Waals surface area contributed by atoms with Crippen molar-refractivity contribution in [3.05, 3.63) is 64.4 Å². The van der Waals surface area contributed by atoms with Gasteiger partial charge in [-0.2, -0.15) is 13.2 Å². The predicted molar refractivity (Wildman–Crippen MR) is 112 cm³/mol. The van der Waals surface area contributed by atoms with Gasteiger partial charge in [0, 0.05) is 5.75 Å². The number of carbonyl (C=O) groups excluding carboxylic acids is 1. The van der Waals surface area contributed by atoms with E-state index in [2.05, 4.69) is 15.5 Å². The molecule has 0 aliphatic carbocycles. The zero-order chi connectivity index (χ0) is 21.7. The van der Waals surface area contributed by atoms with E-state index in [0.717, 1.165) is 35.5 Å². The zero-order valence-corrected chi connectivity index (χ0v) is 18.1. The highest BCUT2D eigenvalue weighted by molar-refractivity contribution is 8.03. The third-order valence-corrected chi connectivity index (χ3v) is 7.15. The topological polar surface area (TPSA) is 54.9 Å². The number of alkyl halides is 3. The van der Waals surface area contributed by atoms with Crippen molar-refractivity contribution in [2.45, 2.75) is 20.6 Å². The second kappa shape index (κ2) is 9.99. The van der Waals surface area contributed by atoms with Crippen molar-refractivity contribution in [1.82, 2.24) is 10.2 Å². The molecular weight excluding hydrogens is 482 g/mol. The van der Waals surface area contributed by atoms with E-state index >= 15 is 0 Å². The summed E-state index contributed by atoms with van der Waals surface area (Å²) in [6.45, 7) is 0. The largest absolute Gasteiger partial charge is 0.416 e. The quantitative estimate of drug-likeness (QED) is 0.306. The summed E-state index contributed by atoms with van der Waals surface area (Å²) in [7, 11) is 0. The first-order valence-electron chi connectivity index (χ1n) is 8.21. The lowest BCUT2D eigenvalue weighted by molar-refractivity contribution is -0.137. The Bertz CT molecular complexity index is 1030. The van der Waals surface area contributed by atoms with Gasteiger partial charge in [0.05, 0.1) is 22.0 Å². The van der Waals surface area contributed by atoms with Crippen LogP contribution in [0.4, 0.5) is 23.2 Å². The number of hydrogen-bond donors (Lipinski definition) is 1. The van der Waals surface area contributed by atoms with Gasteiger partial charge in [-0.1, -0.05) is 58.6 Å². The first-order chi connectivity index (χ1) is 14.2. The highest BCUT2D eigenvalue weighted by Crippen LogP contribution is 2.34. The molecule has 0 aliphatic rings. The average Bonchev–Trinajstić information content (AvgIpc) is 3.15. The SMILES string of the molecule is O=C(CSc1nnc(SCc2ccc(F)cc2)s1)Nc1cc(C(F)(F)F)ccc1Cl. The van der Waals surface area contributed by atoms with Crippen molar-refractivity contribution in [1.29, 1.82) is 0 Å². The molecule has 0 unspecified atom stereocenters. The Hall–Kier alpha value is -1.82. The van der Waals surface area contributed by atoms with Crippen molar-refractivity contribution in [2.75, 3.05) is 11.1 Å². The summed E-state index contributed by atoms with van der Waals surface area (Å²) in [5.74, 6) is -0.294. The van der Waals surface area contributed by atoms with Crippen molar-refractivity contribution in [2.24, 2.45) is 0 Å². The van der Waals surface area contributed by atoms with Gasteiger partial charge in [-0.3, -0.25) is 4.79 Å². The van der Waals surface area contributed by atoms with Gasteiger partial charge in [0.15, 0.2) is 8.68 Å². The summed E-state index contributed by atoms with van der Waals surface area (Å²) in [5.41, 5.74) is -0.0742. The molecule has 0 fully saturated rings. The number of rotatable bonds is 7. The fourth-order valence-electron chi connectivity index (χ4n) is 2.15. The molecule has 0 bridgehead atoms. The number of thioether (sulfide) groups is 2. The maximum absolute atomic E-state index is 12.9. The summed E-state index contributed by atoms with van der Waals surface area (Å²) in [6, 6.07) is 8.85. The van der Waals surface area contributed by atoms with Crippen LogP contribution in [0.15, 0.2) is 51.1 Å². The number of nitrogens with zero attached hydrogens (tertiary/aromatic N) is 2. The lowest BCUT2D eigenvalue weighted by Gasteiger charge is -2.11. The molecule has 1 N–H and O–H groups in total. The molecule has 0 radical (unpaired) electrons. The molecule has 0 aliphatic heterocycles. The van der Waals surface area contributed by atoms with Gasteiger partial charge in [-0.15, -0.1) is 10.2 Å². The van der Waals surface area contributed by atoms with E-state index in [1.807, 2.05) is 0 Å². The van der Waals surface area contributed by atoms with Gasteiger partial charge in [0.1, 0.15) is 5.82 Å². The van der Waals surface area contributed by atoms with Gasteiger partial charge in [0.25, 0.3) is 0 Å². The molecule has 1 aromatic heterocycles. The number of benzene rings is 2. The Morgan fingerprint density at radius 3 is 2.40 bits per heavy atom. The molecule has 30 heavy (non-hydrogen) atoms. The van der Waals surface area contributed by atoms with E-state index < -0.39 is 17.6 Å². The van der Waals surface area contributed by atoms with Crippen LogP contribution in [0.3, 0.4) is 0 Å². The summed E-state index contributed by atoms with van der Waals surface area (Å²) in [5, 5.41) is 10.4. The second-order valence-electron chi connectivity index (χ2n) is 5.78. The van der Waals surface area contributed by atoms with Gasteiger partial charge in [-0.25, -0.2) is 4.39 Å². The van der Waals surface area contributed by atoms with E-state index in [9.17, 15) is 22.4 Å². The van der Waals surface area contributed by atoms with E-state index in [4.69, 9.17) is 11.6 Å². The van der Waals surface area contributed by atoms with E-state index in [0.29, 0.717) is 14.4 Å². The highest BCUT2D eigenvalue weighted by atomic mass is 35.5. The molecule has 0 saturated carbocycles. The molecule has 3 rings (SSSR count). The Balaban J connectivity index is 1.51. The molecule has 158 valence electrons. The minimum atomic E-state index is -4.53. The van der Waals surface area contributed by atoms with Crippen LogP contribution in [0.25, 0.3) is 0 Å². The van der Waals surface area contributed by atoms with Crippen molar-refractivity contribution in [3.8, 4) is 0 Å². The number of nitrogens with one attached hydrogen (secondary N) is 1. The smallest absolute Gasteiger partial charge is 0.324 e. The van der Waals surface area contributed by atoms with Crippen LogP contribution in [0.1, 0.15) is 11.1 Å². The monoisotopic (exact) mass is 493 g/mol. The first kappa shape index (κ1) is 22.9. The normalized spacial score (nSPS) is 11.5. The van der Waals surface area contributed by atoms with Gasteiger partial charge in [-0.05, 0) is 35.9 Å². The van der Waals surface area contributed by atoms with Crippen LogP contribution in [-0.2, 0) is 16.7 Å². The maximum atomic E-state index is 12.9. The summed E-state index contributed by atoms with van der Waals surface area (Å²) >= 11 is 9.70. The standard InChI is InChI=1S/C18H12ClF4N3OS3/c19-13-6-3-11(18(21,22)23)7-14(13)24-15(27)9-29-17-26-25-16(30-17)28-8-10-1-4-12(20)5-2-10/h1-7H,8-9H2,(H,24,27). The fraction of sp³-hybridized carbons (Fsp3) is 0.167. The van der Waals surface area contributed by atoms with Crippen molar-refractivity contribution < 1.29 is 22.4 Å². The number of aromatic nitrogens is 2. The Labute approximate surface area is 186 Å². The molecular formula is C18H12ClF4N3OS3. The minimum absolute atomic E-state index is 0.0109. The van der Waals surface area contributed by atoms with Crippen LogP contribution in [0.5, 0.6) is 0 Å². The second-order valence-corrected chi connectivity index (χ2v) is 9.61. The predicted octanol–water partition coefficient (Wildman–Crippen LogP) is 6.37. The van der Waals surface area contributed by atoms with E-state index in [-0.39, 0.29) is 22.3 Å². The fourth-order valence-corrected chi connectivity index (χ4v) is 5.09. The number of hydrogen-bond acceptors (Lipinski definition) is 6. The van der Waals surface area contributed by atoms with Crippen molar-refractivity contribution >= 4 is 58.1 Å². The Morgan fingerprint density at radius 1 is 1.07 bits per heavy atom. The lowest BCUT2D eigenvalue weighted by Crippen LogP contribution is -2.15. The molecule has 1 amide bonds. The molecule has 0 saturated heterocycles. The molecule has 4 nitrogen and oxygen atoms in total. The maximum Gasteiger partial charge on any atom is 0.416 e. The van der Waals surface area contributed by atoms with Crippen LogP contribution < -0.4 is 5.32 Å². The molecule has 12 heteroatoms. The minimum Gasteiger partial charge on any atom is -0.324 e. The van der Waals surface area contributed by atoms with Crippen molar-refractivity contribution in [3.63, 3.8) is 0 Å².